The zero-order valence-electron chi connectivity index (χ0n) is 12.2. The summed E-state index contributed by atoms with van der Waals surface area (Å²) < 4.78 is 11.1. The van der Waals surface area contributed by atoms with Crippen LogP contribution in [0.1, 0.15) is 12.5 Å². The first-order chi connectivity index (χ1) is 10.7. The van der Waals surface area contributed by atoms with E-state index >= 15 is 0 Å². The summed E-state index contributed by atoms with van der Waals surface area (Å²) in [5.74, 6) is 1.13. The summed E-state index contributed by atoms with van der Waals surface area (Å²) in [7, 11) is 0. The summed E-state index contributed by atoms with van der Waals surface area (Å²) >= 11 is 0. The lowest BCUT2D eigenvalue weighted by molar-refractivity contribution is -0.114. The Bertz CT molecular complexity index is 675. The van der Waals surface area contributed by atoms with Crippen molar-refractivity contribution in [3.8, 4) is 17.6 Å². The molecule has 0 aliphatic rings. The first kappa shape index (κ1) is 15.4. The van der Waals surface area contributed by atoms with Crippen LogP contribution in [0.15, 0.2) is 48.5 Å². The highest BCUT2D eigenvalue weighted by Crippen LogP contribution is 2.23. The van der Waals surface area contributed by atoms with Crippen molar-refractivity contribution in [3.05, 3.63) is 54.1 Å². The number of anilines is 1. The molecule has 0 aliphatic carbocycles. The fourth-order valence-corrected chi connectivity index (χ4v) is 1.82. The Morgan fingerprint density at radius 3 is 2.45 bits per heavy atom. The van der Waals surface area contributed by atoms with Gasteiger partial charge in [-0.25, -0.2) is 0 Å². The van der Waals surface area contributed by atoms with Crippen LogP contribution in [0.25, 0.3) is 0 Å². The number of rotatable bonds is 6. The first-order valence-corrected chi connectivity index (χ1v) is 6.81. The summed E-state index contributed by atoms with van der Waals surface area (Å²) in [5.41, 5.74) is 1.22. The number of hydrogen-bond acceptors (Lipinski definition) is 4. The molecular weight excluding hydrogens is 280 g/mol. The Morgan fingerprint density at radius 2 is 1.77 bits per heavy atom. The van der Waals surface area contributed by atoms with Crippen molar-refractivity contribution in [2.75, 3.05) is 18.5 Å². The Morgan fingerprint density at radius 1 is 1.09 bits per heavy atom. The molecule has 2 aromatic carbocycles. The largest absolute Gasteiger partial charge is 0.490 e. The van der Waals surface area contributed by atoms with Gasteiger partial charge in [-0.3, -0.25) is 4.79 Å². The molecule has 0 aliphatic heterocycles. The third kappa shape index (κ3) is 4.53. The van der Waals surface area contributed by atoms with E-state index in [0.717, 1.165) is 0 Å². The van der Waals surface area contributed by atoms with Gasteiger partial charge in [-0.15, -0.1) is 0 Å². The number of amides is 1. The first-order valence-electron chi connectivity index (χ1n) is 6.81. The number of nitrogens with zero attached hydrogens (tertiary/aromatic N) is 1. The highest BCUT2D eigenvalue weighted by atomic mass is 16.5. The number of benzene rings is 2. The molecular formula is C17H16N2O3. The van der Waals surface area contributed by atoms with Crippen molar-refractivity contribution in [3.63, 3.8) is 0 Å². The molecule has 5 heteroatoms. The molecule has 2 rings (SSSR count). The Hall–Kier alpha value is -3.00. The minimum absolute atomic E-state index is 0.148. The molecule has 0 atom stereocenters. The van der Waals surface area contributed by atoms with E-state index in [1.54, 1.807) is 36.4 Å². The number of hydrogen-bond donors (Lipinski definition) is 1. The van der Waals surface area contributed by atoms with Crippen LogP contribution < -0.4 is 14.8 Å². The smallest absolute Gasteiger partial charge is 0.221 e. The molecule has 112 valence electrons. The molecule has 0 heterocycles. The fraction of sp³-hybridized carbons (Fsp3) is 0.176. The van der Waals surface area contributed by atoms with Gasteiger partial charge in [0.2, 0.25) is 5.91 Å². The van der Waals surface area contributed by atoms with Gasteiger partial charge in [-0.2, -0.15) is 5.26 Å². The average molecular weight is 296 g/mol. The summed E-state index contributed by atoms with van der Waals surface area (Å²) in [6.07, 6.45) is 0. The van der Waals surface area contributed by atoms with E-state index in [1.807, 2.05) is 18.2 Å². The quantitative estimate of drug-likeness (QED) is 0.832. The molecule has 0 saturated heterocycles. The average Bonchev–Trinajstić information content (AvgIpc) is 2.53. The maximum atomic E-state index is 11.1. The second-order valence-electron chi connectivity index (χ2n) is 4.51. The molecule has 0 radical (unpaired) electrons. The standard InChI is InChI=1S/C17H16N2O3/c1-13(20)19-16-4-2-3-5-17(16)22-11-10-21-15-8-6-14(12-18)7-9-15/h2-9H,10-11H2,1H3,(H,19,20). The lowest BCUT2D eigenvalue weighted by Crippen LogP contribution is -2.12. The van der Waals surface area contributed by atoms with Crippen LogP contribution in [0.4, 0.5) is 5.69 Å². The summed E-state index contributed by atoms with van der Waals surface area (Å²) in [6, 6.07) is 16.1. The van der Waals surface area contributed by atoms with E-state index in [-0.39, 0.29) is 5.91 Å². The van der Waals surface area contributed by atoms with Crippen molar-refractivity contribution in [1.82, 2.24) is 0 Å². The van der Waals surface area contributed by atoms with E-state index in [0.29, 0.717) is 36.0 Å². The van der Waals surface area contributed by atoms with E-state index in [4.69, 9.17) is 14.7 Å². The van der Waals surface area contributed by atoms with Crippen LogP contribution in [0.3, 0.4) is 0 Å². The van der Waals surface area contributed by atoms with Crippen molar-refractivity contribution in [2.24, 2.45) is 0 Å². The van der Waals surface area contributed by atoms with E-state index in [9.17, 15) is 4.79 Å². The van der Waals surface area contributed by atoms with E-state index < -0.39 is 0 Å². The second-order valence-corrected chi connectivity index (χ2v) is 4.51. The number of carbonyl (C=O) groups is 1. The number of nitrogens with one attached hydrogen (secondary N) is 1. The summed E-state index contributed by atoms with van der Waals surface area (Å²) in [5, 5.41) is 11.4. The Kier molecular flexibility index (Phi) is 5.38. The molecule has 5 nitrogen and oxygen atoms in total. The van der Waals surface area contributed by atoms with Crippen molar-refractivity contribution in [1.29, 1.82) is 5.26 Å². The Balaban J connectivity index is 1.83. The van der Waals surface area contributed by atoms with Gasteiger partial charge in [-0.1, -0.05) is 12.1 Å². The molecule has 0 aromatic heterocycles. The van der Waals surface area contributed by atoms with Crippen LogP contribution in [0.2, 0.25) is 0 Å². The predicted molar refractivity (Wildman–Crippen MR) is 82.9 cm³/mol. The lowest BCUT2D eigenvalue weighted by atomic mass is 10.2. The van der Waals surface area contributed by atoms with Gasteiger partial charge in [0.1, 0.15) is 24.7 Å². The summed E-state index contributed by atoms with van der Waals surface area (Å²) in [6.45, 7) is 2.15. The number of nitriles is 1. The predicted octanol–water partition coefficient (Wildman–Crippen LogP) is 2.97. The van der Waals surface area contributed by atoms with Crippen molar-refractivity contribution >= 4 is 11.6 Å². The van der Waals surface area contributed by atoms with Gasteiger partial charge < -0.3 is 14.8 Å². The third-order valence-corrected chi connectivity index (χ3v) is 2.79. The minimum Gasteiger partial charge on any atom is -0.490 e. The second kappa shape index (κ2) is 7.70. The summed E-state index contributed by atoms with van der Waals surface area (Å²) in [4.78, 5) is 11.1. The van der Waals surface area contributed by atoms with Gasteiger partial charge in [0.15, 0.2) is 0 Å². The molecule has 0 bridgehead atoms. The number of ether oxygens (including phenoxy) is 2. The monoisotopic (exact) mass is 296 g/mol. The number of carbonyl (C=O) groups excluding carboxylic acids is 1. The van der Waals surface area contributed by atoms with Gasteiger partial charge >= 0.3 is 0 Å². The topological polar surface area (TPSA) is 71.3 Å². The maximum absolute atomic E-state index is 11.1. The van der Waals surface area contributed by atoms with Gasteiger partial charge in [0, 0.05) is 6.92 Å². The SMILES string of the molecule is CC(=O)Nc1ccccc1OCCOc1ccc(C#N)cc1. The normalized spacial score (nSPS) is 9.64. The maximum Gasteiger partial charge on any atom is 0.221 e. The molecule has 1 N–H and O–H groups in total. The minimum atomic E-state index is -0.148. The van der Waals surface area contributed by atoms with Crippen LogP contribution >= 0.6 is 0 Å². The zero-order valence-corrected chi connectivity index (χ0v) is 12.2. The lowest BCUT2D eigenvalue weighted by Gasteiger charge is -2.12. The molecule has 1 amide bonds. The van der Waals surface area contributed by atoms with Crippen LogP contribution in [-0.2, 0) is 4.79 Å². The van der Waals surface area contributed by atoms with Gasteiger partial charge in [0.25, 0.3) is 0 Å². The molecule has 22 heavy (non-hydrogen) atoms. The molecule has 0 spiro atoms. The van der Waals surface area contributed by atoms with E-state index in [1.165, 1.54) is 6.92 Å². The molecule has 2 aromatic rings. The Labute approximate surface area is 129 Å². The highest BCUT2D eigenvalue weighted by molar-refractivity contribution is 5.90. The molecule has 0 fully saturated rings. The number of para-hydroxylation sites is 2. The molecule has 0 saturated carbocycles. The van der Waals surface area contributed by atoms with Crippen molar-refractivity contribution in [2.45, 2.75) is 6.92 Å². The van der Waals surface area contributed by atoms with Crippen LogP contribution in [0.5, 0.6) is 11.5 Å². The molecule has 0 unspecified atom stereocenters. The fourth-order valence-electron chi connectivity index (χ4n) is 1.82. The van der Waals surface area contributed by atoms with Crippen LogP contribution in [0, 0.1) is 11.3 Å². The third-order valence-electron chi connectivity index (χ3n) is 2.79. The zero-order chi connectivity index (χ0) is 15.8. The highest BCUT2D eigenvalue weighted by Gasteiger charge is 2.04. The van der Waals surface area contributed by atoms with Gasteiger partial charge in [0.05, 0.1) is 17.3 Å². The van der Waals surface area contributed by atoms with E-state index in [2.05, 4.69) is 5.32 Å². The van der Waals surface area contributed by atoms with Crippen molar-refractivity contribution < 1.29 is 14.3 Å². The van der Waals surface area contributed by atoms with Crippen LogP contribution in [-0.4, -0.2) is 19.1 Å². The van der Waals surface area contributed by atoms with Gasteiger partial charge in [-0.05, 0) is 36.4 Å².